The van der Waals surface area contributed by atoms with E-state index in [1.165, 1.54) is 25.1 Å². The minimum atomic E-state index is -3.60. The van der Waals surface area contributed by atoms with Gasteiger partial charge in [0.15, 0.2) is 9.84 Å². The van der Waals surface area contributed by atoms with Crippen molar-refractivity contribution in [2.24, 2.45) is 0 Å². The molecule has 7 heteroatoms. The molecule has 96 valence electrons. The summed E-state index contributed by atoms with van der Waals surface area (Å²) in [5, 5.41) is 10.00. The van der Waals surface area contributed by atoms with Crippen molar-refractivity contribution >= 4 is 41.7 Å². The molecule has 0 bridgehead atoms. The van der Waals surface area contributed by atoms with Crippen molar-refractivity contribution in [1.82, 2.24) is 0 Å². The van der Waals surface area contributed by atoms with E-state index >= 15 is 0 Å². The molecule has 0 amide bonds. The van der Waals surface area contributed by atoms with Gasteiger partial charge in [-0.15, -0.1) is 0 Å². The Balaban J connectivity index is 3.17. The summed E-state index contributed by atoms with van der Waals surface area (Å²) in [5.74, 6) is -0.693. The van der Waals surface area contributed by atoms with Crippen LogP contribution in [0.15, 0.2) is 24.3 Å². The lowest BCUT2D eigenvalue weighted by Crippen LogP contribution is -2.33. The molecule has 1 N–H and O–H groups in total. The standard InChI is InChI=1S/C10H11Br2FO3S/c1-2-17(15,16)10(11,12)9(14)7-4-3-5-8(13)6-7/h3-6,9,14H,2H2,1H3/t9-/m1/s1. The number of hydrogen-bond donors (Lipinski definition) is 1. The van der Waals surface area contributed by atoms with E-state index in [1.807, 2.05) is 0 Å². The molecule has 0 saturated heterocycles. The third-order valence-electron chi connectivity index (χ3n) is 2.28. The van der Waals surface area contributed by atoms with E-state index in [0.29, 0.717) is 0 Å². The maximum Gasteiger partial charge on any atom is 0.210 e. The van der Waals surface area contributed by atoms with Gasteiger partial charge >= 0.3 is 0 Å². The molecule has 0 aromatic heterocycles. The first-order chi connectivity index (χ1) is 7.72. The number of rotatable bonds is 4. The van der Waals surface area contributed by atoms with Crippen LogP contribution in [0.1, 0.15) is 18.6 Å². The van der Waals surface area contributed by atoms with Crippen molar-refractivity contribution in [3.8, 4) is 0 Å². The maximum atomic E-state index is 13.0. The van der Waals surface area contributed by atoms with Gasteiger partial charge in [-0.3, -0.25) is 0 Å². The van der Waals surface area contributed by atoms with E-state index in [-0.39, 0.29) is 11.3 Å². The minimum absolute atomic E-state index is 0.157. The third kappa shape index (κ3) is 3.07. The molecule has 1 atom stereocenters. The molecule has 17 heavy (non-hydrogen) atoms. The van der Waals surface area contributed by atoms with Crippen molar-refractivity contribution in [1.29, 1.82) is 0 Å². The summed E-state index contributed by atoms with van der Waals surface area (Å²) < 4.78 is 34.8. The van der Waals surface area contributed by atoms with E-state index in [4.69, 9.17) is 0 Å². The molecular formula is C10H11Br2FO3S. The molecule has 0 saturated carbocycles. The van der Waals surface area contributed by atoms with Gasteiger partial charge in [0.2, 0.25) is 2.57 Å². The van der Waals surface area contributed by atoms with Gasteiger partial charge in [-0.1, -0.05) is 50.9 Å². The van der Waals surface area contributed by atoms with Crippen LogP contribution in [0, 0.1) is 5.82 Å². The van der Waals surface area contributed by atoms with Crippen molar-refractivity contribution in [3.63, 3.8) is 0 Å². The van der Waals surface area contributed by atoms with Crippen LogP contribution in [0.5, 0.6) is 0 Å². The summed E-state index contributed by atoms with van der Waals surface area (Å²) in [6, 6.07) is 5.17. The first-order valence-corrected chi connectivity index (χ1v) is 8.00. The number of aliphatic hydroxyl groups excluding tert-OH is 1. The van der Waals surface area contributed by atoms with Crippen LogP contribution in [0.25, 0.3) is 0 Å². The van der Waals surface area contributed by atoms with E-state index in [9.17, 15) is 17.9 Å². The number of aliphatic hydroxyl groups is 1. The van der Waals surface area contributed by atoms with Gasteiger partial charge in [-0.05, 0) is 17.7 Å². The highest BCUT2D eigenvalue weighted by atomic mass is 79.9. The van der Waals surface area contributed by atoms with Crippen LogP contribution in [0.2, 0.25) is 0 Å². The average Bonchev–Trinajstić information content (AvgIpc) is 2.27. The van der Waals surface area contributed by atoms with Crippen LogP contribution in [0.4, 0.5) is 4.39 Å². The minimum Gasteiger partial charge on any atom is -0.385 e. The molecule has 0 aliphatic rings. The smallest absolute Gasteiger partial charge is 0.210 e. The highest BCUT2D eigenvalue weighted by Gasteiger charge is 2.45. The average molecular weight is 390 g/mol. The quantitative estimate of drug-likeness (QED) is 0.805. The number of halogens is 3. The van der Waals surface area contributed by atoms with Crippen molar-refractivity contribution in [2.75, 3.05) is 5.75 Å². The monoisotopic (exact) mass is 388 g/mol. The first-order valence-electron chi connectivity index (χ1n) is 4.76. The Hall–Kier alpha value is 0.0200. The zero-order valence-electron chi connectivity index (χ0n) is 8.90. The fourth-order valence-electron chi connectivity index (χ4n) is 1.23. The lowest BCUT2D eigenvalue weighted by Gasteiger charge is -2.26. The molecule has 1 aromatic rings. The molecule has 3 nitrogen and oxygen atoms in total. The maximum absolute atomic E-state index is 13.0. The first kappa shape index (κ1) is 15.1. The van der Waals surface area contributed by atoms with Crippen LogP contribution in [-0.4, -0.2) is 21.8 Å². The van der Waals surface area contributed by atoms with Crippen LogP contribution < -0.4 is 0 Å². The molecule has 0 aliphatic carbocycles. The van der Waals surface area contributed by atoms with Gasteiger partial charge in [0, 0.05) is 5.75 Å². The highest BCUT2D eigenvalue weighted by molar-refractivity contribution is 9.28. The molecular weight excluding hydrogens is 379 g/mol. The van der Waals surface area contributed by atoms with Gasteiger partial charge in [-0.25, -0.2) is 12.8 Å². The molecule has 1 aromatic carbocycles. The number of benzene rings is 1. The normalized spacial score (nSPS) is 14.6. The van der Waals surface area contributed by atoms with Crippen LogP contribution in [-0.2, 0) is 9.84 Å². The molecule has 0 heterocycles. The third-order valence-corrected chi connectivity index (χ3v) is 7.92. The van der Waals surface area contributed by atoms with Crippen molar-refractivity contribution in [2.45, 2.75) is 15.6 Å². The van der Waals surface area contributed by atoms with Gasteiger partial charge < -0.3 is 5.11 Å². The summed E-state index contributed by atoms with van der Waals surface area (Å²) in [6.45, 7) is 1.46. The summed E-state index contributed by atoms with van der Waals surface area (Å²) in [4.78, 5) is 0. The predicted octanol–water partition coefficient (Wildman–Crippen LogP) is 2.74. The Morgan fingerprint density at radius 2 is 2.06 bits per heavy atom. The van der Waals surface area contributed by atoms with Gasteiger partial charge in [0.05, 0.1) is 0 Å². The van der Waals surface area contributed by atoms with E-state index in [0.717, 1.165) is 6.07 Å². The summed E-state index contributed by atoms with van der Waals surface area (Å²) in [7, 11) is -3.60. The lowest BCUT2D eigenvalue weighted by atomic mass is 10.1. The predicted molar refractivity (Wildman–Crippen MR) is 71.4 cm³/mol. The van der Waals surface area contributed by atoms with E-state index in [2.05, 4.69) is 31.9 Å². The van der Waals surface area contributed by atoms with Crippen molar-refractivity contribution < 1.29 is 17.9 Å². The van der Waals surface area contributed by atoms with Crippen LogP contribution >= 0.6 is 31.9 Å². The highest BCUT2D eigenvalue weighted by Crippen LogP contribution is 2.44. The topological polar surface area (TPSA) is 54.4 Å². The second-order valence-corrected chi connectivity index (χ2v) is 10.5. The molecule has 0 unspecified atom stereocenters. The molecule has 0 aliphatic heterocycles. The fourth-order valence-corrected chi connectivity index (χ4v) is 4.00. The zero-order valence-corrected chi connectivity index (χ0v) is 12.9. The Bertz CT molecular complexity index is 502. The summed E-state index contributed by atoms with van der Waals surface area (Å²) in [6.07, 6.45) is -1.41. The summed E-state index contributed by atoms with van der Waals surface area (Å²) in [5.41, 5.74) is 0.177. The molecule has 0 radical (unpaired) electrons. The van der Waals surface area contributed by atoms with Gasteiger partial charge in [-0.2, -0.15) is 0 Å². The second-order valence-electron chi connectivity index (χ2n) is 3.42. The molecule has 1 rings (SSSR count). The Morgan fingerprint density at radius 3 is 2.53 bits per heavy atom. The van der Waals surface area contributed by atoms with Gasteiger partial charge in [0.1, 0.15) is 11.9 Å². The lowest BCUT2D eigenvalue weighted by molar-refractivity contribution is 0.188. The Morgan fingerprint density at radius 1 is 1.47 bits per heavy atom. The Labute approximate surface area is 116 Å². The Kier molecular flexibility index (Phi) is 4.73. The van der Waals surface area contributed by atoms with Gasteiger partial charge in [0.25, 0.3) is 0 Å². The largest absolute Gasteiger partial charge is 0.385 e. The summed E-state index contributed by atoms with van der Waals surface area (Å²) >= 11 is 5.89. The van der Waals surface area contributed by atoms with Crippen molar-refractivity contribution in [3.05, 3.63) is 35.6 Å². The molecule has 0 fully saturated rings. The van der Waals surface area contributed by atoms with E-state index in [1.54, 1.807) is 0 Å². The van der Waals surface area contributed by atoms with E-state index < -0.39 is 24.3 Å². The fraction of sp³-hybridized carbons (Fsp3) is 0.400. The zero-order chi connectivity index (χ0) is 13.3. The number of sulfone groups is 1. The molecule has 0 spiro atoms. The second kappa shape index (κ2) is 5.34. The SMILES string of the molecule is CCS(=O)(=O)C(Br)(Br)[C@H](O)c1cccc(F)c1. The van der Waals surface area contributed by atoms with Crippen LogP contribution in [0.3, 0.4) is 0 Å². The number of alkyl halides is 2. The number of hydrogen-bond acceptors (Lipinski definition) is 3.